The molecule has 1 aliphatic rings. The molecule has 1 aromatic rings. The second-order valence-corrected chi connectivity index (χ2v) is 4.48. The predicted octanol–water partition coefficient (Wildman–Crippen LogP) is 0.0190. The van der Waals surface area contributed by atoms with Gasteiger partial charge in [-0.15, -0.1) is 10.2 Å². The van der Waals surface area contributed by atoms with Gasteiger partial charge in [-0.05, 0) is 31.9 Å². The van der Waals surface area contributed by atoms with Crippen molar-refractivity contribution in [1.82, 2.24) is 10.2 Å². The number of hydrogen-bond acceptors (Lipinski definition) is 5. The number of amides is 1. The highest BCUT2D eigenvalue weighted by molar-refractivity contribution is 5.90. The summed E-state index contributed by atoms with van der Waals surface area (Å²) in [7, 11) is 0. The zero-order valence-electron chi connectivity index (χ0n) is 9.96. The van der Waals surface area contributed by atoms with Gasteiger partial charge in [0.2, 0.25) is 0 Å². The lowest BCUT2D eigenvalue weighted by Crippen LogP contribution is -2.48. The van der Waals surface area contributed by atoms with Crippen LogP contribution >= 0.6 is 0 Å². The van der Waals surface area contributed by atoms with Gasteiger partial charge < -0.3 is 15.7 Å². The Morgan fingerprint density at radius 3 is 2.67 bits per heavy atom. The standard InChI is InChI=1S/C11H14N4O3/c1-11(10(17)18)5-2-6-15(11)8-4-3-7(9(12)16)13-14-8/h3-4H,2,5-6H2,1H3,(H2,12,16)(H,17,18). The number of carboxylic acids is 1. The van der Waals surface area contributed by atoms with Crippen molar-refractivity contribution in [2.24, 2.45) is 5.73 Å². The molecule has 1 aromatic heterocycles. The van der Waals surface area contributed by atoms with Crippen LogP contribution in [0.3, 0.4) is 0 Å². The number of nitrogens with two attached hydrogens (primary N) is 1. The van der Waals surface area contributed by atoms with Crippen molar-refractivity contribution in [2.45, 2.75) is 25.3 Å². The summed E-state index contributed by atoms with van der Waals surface area (Å²) in [6.07, 6.45) is 1.34. The molecule has 1 saturated heterocycles. The lowest BCUT2D eigenvalue weighted by Gasteiger charge is -2.31. The van der Waals surface area contributed by atoms with Gasteiger partial charge in [0.25, 0.3) is 5.91 Å². The van der Waals surface area contributed by atoms with Crippen LogP contribution in [0.1, 0.15) is 30.3 Å². The Morgan fingerprint density at radius 2 is 2.17 bits per heavy atom. The SMILES string of the molecule is CC1(C(=O)O)CCCN1c1ccc(C(N)=O)nn1. The number of carboxylic acid groups (broad SMARTS) is 1. The fourth-order valence-electron chi connectivity index (χ4n) is 2.15. The molecular weight excluding hydrogens is 236 g/mol. The topological polar surface area (TPSA) is 109 Å². The van der Waals surface area contributed by atoms with E-state index in [1.54, 1.807) is 17.9 Å². The van der Waals surface area contributed by atoms with E-state index in [2.05, 4.69) is 10.2 Å². The molecule has 2 heterocycles. The Kier molecular flexibility index (Phi) is 2.90. The summed E-state index contributed by atoms with van der Waals surface area (Å²) >= 11 is 0. The van der Waals surface area contributed by atoms with Crippen LogP contribution in [-0.2, 0) is 4.79 Å². The van der Waals surface area contributed by atoms with Crippen LogP contribution in [-0.4, -0.2) is 39.3 Å². The average Bonchev–Trinajstić information content (AvgIpc) is 2.73. The number of aromatic nitrogens is 2. The summed E-state index contributed by atoms with van der Waals surface area (Å²) in [6, 6.07) is 3.02. The lowest BCUT2D eigenvalue weighted by atomic mass is 9.99. The zero-order chi connectivity index (χ0) is 13.3. The molecule has 0 aliphatic carbocycles. The third-order valence-corrected chi connectivity index (χ3v) is 3.28. The first kappa shape index (κ1) is 12.3. The maximum atomic E-state index is 11.3. The van der Waals surface area contributed by atoms with Gasteiger partial charge >= 0.3 is 5.97 Å². The third kappa shape index (κ3) is 1.87. The molecule has 1 atom stereocenters. The van der Waals surface area contributed by atoms with Crippen LogP contribution in [0.2, 0.25) is 0 Å². The molecule has 0 spiro atoms. The molecule has 0 bridgehead atoms. The Hall–Kier alpha value is -2.18. The van der Waals surface area contributed by atoms with E-state index in [1.165, 1.54) is 6.07 Å². The van der Waals surface area contributed by atoms with Gasteiger partial charge in [0, 0.05) is 6.54 Å². The highest BCUT2D eigenvalue weighted by atomic mass is 16.4. The fourth-order valence-corrected chi connectivity index (χ4v) is 2.15. The molecule has 3 N–H and O–H groups in total. The Bertz CT molecular complexity index is 488. The first-order chi connectivity index (χ1) is 8.45. The van der Waals surface area contributed by atoms with E-state index in [4.69, 9.17) is 5.73 Å². The molecule has 1 fully saturated rings. The first-order valence-electron chi connectivity index (χ1n) is 5.60. The molecular formula is C11H14N4O3. The van der Waals surface area contributed by atoms with Gasteiger partial charge in [-0.2, -0.15) is 0 Å². The molecule has 96 valence electrons. The van der Waals surface area contributed by atoms with E-state index in [0.717, 1.165) is 6.42 Å². The average molecular weight is 250 g/mol. The van der Waals surface area contributed by atoms with Crippen LogP contribution in [0.4, 0.5) is 5.82 Å². The van der Waals surface area contributed by atoms with Crippen molar-refractivity contribution in [3.05, 3.63) is 17.8 Å². The first-order valence-corrected chi connectivity index (χ1v) is 5.60. The van der Waals surface area contributed by atoms with Gasteiger partial charge in [0.05, 0.1) is 0 Å². The van der Waals surface area contributed by atoms with Crippen LogP contribution in [0.5, 0.6) is 0 Å². The number of carbonyl (C=O) groups excluding carboxylic acids is 1. The minimum absolute atomic E-state index is 0.0648. The summed E-state index contributed by atoms with van der Waals surface area (Å²) in [4.78, 5) is 23.9. The predicted molar refractivity (Wildman–Crippen MR) is 63.2 cm³/mol. The van der Waals surface area contributed by atoms with Gasteiger partial charge in [0.15, 0.2) is 11.5 Å². The van der Waals surface area contributed by atoms with Crippen molar-refractivity contribution < 1.29 is 14.7 Å². The summed E-state index contributed by atoms with van der Waals surface area (Å²) < 4.78 is 0. The van der Waals surface area contributed by atoms with Gasteiger partial charge in [-0.1, -0.05) is 0 Å². The van der Waals surface area contributed by atoms with Crippen molar-refractivity contribution in [2.75, 3.05) is 11.4 Å². The highest BCUT2D eigenvalue weighted by Gasteiger charge is 2.44. The van der Waals surface area contributed by atoms with E-state index in [-0.39, 0.29) is 5.69 Å². The van der Waals surface area contributed by atoms with Crippen molar-refractivity contribution in [3.63, 3.8) is 0 Å². The molecule has 0 radical (unpaired) electrons. The van der Waals surface area contributed by atoms with E-state index in [9.17, 15) is 14.7 Å². The molecule has 0 aromatic carbocycles. The molecule has 1 unspecified atom stereocenters. The monoisotopic (exact) mass is 250 g/mol. The van der Waals surface area contributed by atoms with Gasteiger partial charge in [0.1, 0.15) is 5.54 Å². The quantitative estimate of drug-likeness (QED) is 0.782. The summed E-state index contributed by atoms with van der Waals surface area (Å²) in [5, 5.41) is 16.8. The number of aliphatic carboxylic acids is 1. The van der Waals surface area contributed by atoms with E-state index in [1.807, 2.05) is 0 Å². The Labute approximate surface area is 104 Å². The maximum absolute atomic E-state index is 11.3. The summed E-state index contributed by atoms with van der Waals surface area (Å²) in [5.41, 5.74) is 4.17. The Morgan fingerprint density at radius 1 is 1.44 bits per heavy atom. The van der Waals surface area contributed by atoms with Gasteiger partial charge in [-0.25, -0.2) is 4.79 Å². The normalized spacial score (nSPS) is 23.1. The van der Waals surface area contributed by atoms with Gasteiger partial charge in [-0.3, -0.25) is 4.79 Å². The van der Waals surface area contributed by atoms with Crippen LogP contribution < -0.4 is 10.6 Å². The largest absolute Gasteiger partial charge is 0.480 e. The fraction of sp³-hybridized carbons (Fsp3) is 0.455. The number of hydrogen-bond donors (Lipinski definition) is 2. The van der Waals surface area contributed by atoms with E-state index in [0.29, 0.717) is 18.8 Å². The van der Waals surface area contributed by atoms with Crippen molar-refractivity contribution >= 4 is 17.7 Å². The van der Waals surface area contributed by atoms with Crippen LogP contribution in [0.25, 0.3) is 0 Å². The van der Waals surface area contributed by atoms with Crippen molar-refractivity contribution in [3.8, 4) is 0 Å². The number of nitrogens with zero attached hydrogens (tertiary/aromatic N) is 3. The molecule has 2 rings (SSSR count). The molecule has 7 heteroatoms. The minimum atomic E-state index is -0.969. The minimum Gasteiger partial charge on any atom is -0.480 e. The highest BCUT2D eigenvalue weighted by Crippen LogP contribution is 2.32. The summed E-state index contributed by atoms with van der Waals surface area (Å²) in [5.74, 6) is -1.10. The second-order valence-electron chi connectivity index (χ2n) is 4.48. The lowest BCUT2D eigenvalue weighted by molar-refractivity contribution is -0.142. The maximum Gasteiger partial charge on any atom is 0.329 e. The van der Waals surface area contributed by atoms with Crippen LogP contribution in [0, 0.1) is 0 Å². The second kappa shape index (κ2) is 4.25. The van der Waals surface area contributed by atoms with E-state index >= 15 is 0 Å². The number of primary amides is 1. The zero-order valence-corrected chi connectivity index (χ0v) is 9.96. The summed E-state index contributed by atoms with van der Waals surface area (Å²) in [6.45, 7) is 2.26. The Balaban J connectivity index is 2.31. The third-order valence-electron chi connectivity index (χ3n) is 3.28. The number of anilines is 1. The number of carbonyl (C=O) groups is 2. The van der Waals surface area contributed by atoms with Crippen LogP contribution in [0.15, 0.2) is 12.1 Å². The smallest absolute Gasteiger partial charge is 0.329 e. The van der Waals surface area contributed by atoms with Crippen molar-refractivity contribution in [1.29, 1.82) is 0 Å². The molecule has 1 amide bonds. The number of rotatable bonds is 3. The molecule has 7 nitrogen and oxygen atoms in total. The van der Waals surface area contributed by atoms with E-state index < -0.39 is 17.4 Å². The molecule has 18 heavy (non-hydrogen) atoms. The molecule has 0 saturated carbocycles. The molecule has 1 aliphatic heterocycles.